The van der Waals surface area contributed by atoms with Crippen molar-refractivity contribution in [1.29, 1.82) is 0 Å². The molecule has 0 radical (unpaired) electrons. The van der Waals surface area contributed by atoms with Crippen molar-refractivity contribution in [3.05, 3.63) is 57.6 Å². The fourth-order valence-corrected chi connectivity index (χ4v) is 3.72. The molecular weight excluding hydrogens is 410 g/mol. The molecule has 2 aromatic rings. The van der Waals surface area contributed by atoms with Crippen LogP contribution in [0.25, 0.3) is 12.2 Å². The highest BCUT2D eigenvalue weighted by atomic mass is 32.1. The van der Waals surface area contributed by atoms with E-state index < -0.39 is 11.9 Å². The Kier molecular flexibility index (Phi) is 7.94. The lowest BCUT2D eigenvalue weighted by Crippen LogP contribution is -2.50. The van der Waals surface area contributed by atoms with Gasteiger partial charge in [-0.1, -0.05) is 63.5 Å². The molecule has 8 heteroatoms. The number of hydrogen-bond donors (Lipinski definition) is 4. The molecule has 7 nitrogen and oxygen atoms in total. The van der Waals surface area contributed by atoms with Crippen LogP contribution >= 0.6 is 12.2 Å². The standard InChI is InChI=1S/C23H29N5O2S/c1-15(2)17-11-8-16(9-12-17)10-13-19-14-20(26-23(31)25-19)21(29)27-28-22(30)24-18-6-4-3-5-7-18/h8-15,18H,3-7H2,1-2H3,(H,27,29)(H2,24,28,30)(H,25,26,31)/b13-10-. The van der Waals surface area contributed by atoms with Crippen LogP contribution in [0.5, 0.6) is 0 Å². The van der Waals surface area contributed by atoms with Gasteiger partial charge < -0.3 is 10.3 Å². The lowest BCUT2D eigenvalue weighted by Gasteiger charge is -2.22. The smallest absolute Gasteiger partial charge is 0.333 e. The fraction of sp³-hybridized carbons (Fsp3) is 0.391. The summed E-state index contributed by atoms with van der Waals surface area (Å²) in [4.78, 5) is 31.4. The Hall–Kier alpha value is -3.00. The number of nitrogens with zero attached hydrogens (tertiary/aromatic N) is 1. The van der Waals surface area contributed by atoms with Gasteiger partial charge in [-0.25, -0.2) is 15.2 Å². The summed E-state index contributed by atoms with van der Waals surface area (Å²) in [5.74, 6) is -0.0522. The van der Waals surface area contributed by atoms with Gasteiger partial charge in [0.05, 0.1) is 0 Å². The number of rotatable bonds is 5. The van der Waals surface area contributed by atoms with Crippen LogP contribution in [0, 0.1) is 4.77 Å². The Morgan fingerprint density at radius 2 is 1.81 bits per heavy atom. The summed E-state index contributed by atoms with van der Waals surface area (Å²) in [7, 11) is 0. The van der Waals surface area contributed by atoms with Crippen molar-refractivity contribution in [3.8, 4) is 0 Å². The normalized spacial score (nSPS) is 14.5. The van der Waals surface area contributed by atoms with Gasteiger partial charge in [-0.3, -0.25) is 10.2 Å². The number of aromatic nitrogens is 2. The number of hydrazine groups is 1. The zero-order valence-electron chi connectivity index (χ0n) is 17.9. The summed E-state index contributed by atoms with van der Waals surface area (Å²) in [6, 6.07) is 9.61. The van der Waals surface area contributed by atoms with Crippen LogP contribution in [0.1, 0.15) is 79.2 Å². The largest absolute Gasteiger partial charge is 0.334 e. The summed E-state index contributed by atoms with van der Waals surface area (Å²) in [6.07, 6.45) is 9.13. The minimum Gasteiger partial charge on any atom is -0.334 e. The molecule has 164 valence electrons. The average molecular weight is 440 g/mol. The Bertz CT molecular complexity index is 992. The van der Waals surface area contributed by atoms with Crippen LogP contribution in [-0.4, -0.2) is 27.9 Å². The zero-order chi connectivity index (χ0) is 22.2. The second-order valence-electron chi connectivity index (χ2n) is 8.07. The molecule has 0 saturated heterocycles. The molecule has 1 saturated carbocycles. The highest BCUT2D eigenvalue weighted by Crippen LogP contribution is 2.17. The highest BCUT2D eigenvalue weighted by Gasteiger charge is 2.16. The minimum atomic E-state index is -0.533. The van der Waals surface area contributed by atoms with E-state index in [-0.39, 0.29) is 16.5 Å². The molecule has 1 aromatic carbocycles. The minimum absolute atomic E-state index is 0.122. The van der Waals surface area contributed by atoms with Gasteiger partial charge in [0.2, 0.25) is 0 Å². The quantitative estimate of drug-likeness (QED) is 0.400. The van der Waals surface area contributed by atoms with Gasteiger partial charge in [-0.2, -0.15) is 0 Å². The third-order valence-electron chi connectivity index (χ3n) is 5.29. The molecule has 0 aliphatic heterocycles. The van der Waals surface area contributed by atoms with Gasteiger partial charge in [0.1, 0.15) is 5.69 Å². The monoisotopic (exact) mass is 439 g/mol. The lowest BCUT2D eigenvalue weighted by atomic mass is 9.96. The number of aromatic amines is 1. The van der Waals surface area contributed by atoms with Crippen LogP contribution in [0.2, 0.25) is 0 Å². The van der Waals surface area contributed by atoms with E-state index in [1.54, 1.807) is 6.07 Å². The number of benzene rings is 1. The van der Waals surface area contributed by atoms with Gasteiger partial charge in [0.15, 0.2) is 4.77 Å². The number of amides is 3. The molecule has 31 heavy (non-hydrogen) atoms. The van der Waals surface area contributed by atoms with Crippen molar-refractivity contribution < 1.29 is 9.59 Å². The van der Waals surface area contributed by atoms with Crippen molar-refractivity contribution in [2.45, 2.75) is 57.9 Å². The van der Waals surface area contributed by atoms with Crippen LogP contribution in [0.15, 0.2) is 30.3 Å². The Morgan fingerprint density at radius 3 is 2.48 bits per heavy atom. The first-order valence-corrected chi connectivity index (χ1v) is 11.1. The number of carbonyl (C=O) groups excluding carboxylic acids is 2. The van der Waals surface area contributed by atoms with Gasteiger partial charge in [0.25, 0.3) is 5.91 Å². The van der Waals surface area contributed by atoms with E-state index >= 15 is 0 Å². The van der Waals surface area contributed by atoms with E-state index in [2.05, 4.69) is 52.1 Å². The second-order valence-corrected chi connectivity index (χ2v) is 8.46. The van der Waals surface area contributed by atoms with Crippen molar-refractivity contribution in [2.24, 2.45) is 0 Å². The molecule has 1 fully saturated rings. The maximum Gasteiger partial charge on any atom is 0.333 e. The third kappa shape index (κ3) is 7.03. The third-order valence-corrected chi connectivity index (χ3v) is 5.48. The van der Waals surface area contributed by atoms with E-state index in [9.17, 15) is 9.59 Å². The van der Waals surface area contributed by atoms with Gasteiger partial charge in [0, 0.05) is 11.7 Å². The van der Waals surface area contributed by atoms with Crippen LogP contribution in [0.3, 0.4) is 0 Å². The molecule has 3 rings (SSSR count). The fourth-order valence-electron chi connectivity index (χ4n) is 3.51. The topological polar surface area (TPSA) is 98.9 Å². The van der Waals surface area contributed by atoms with E-state index in [0.29, 0.717) is 11.6 Å². The van der Waals surface area contributed by atoms with Crippen molar-refractivity contribution in [2.75, 3.05) is 0 Å². The molecule has 1 aromatic heterocycles. The van der Waals surface area contributed by atoms with Gasteiger partial charge in [-0.15, -0.1) is 0 Å². The maximum absolute atomic E-state index is 12.4. The van der Waals surface area contributed by atoms with Crippen LogP contribution in [0.4, 0.5) is 4.79 Å². The summed E-state index contributed by atoms with van der Waals surface area (Å²) < 4.78 is 0.189. The summed E-state index contributed by atoms with van der Waals surface area (Å²) in [5.41, 5.74) is 7.85. The molecule has 0 bridgehead atoms. The molecule has 0 spiro atoms. The maximum atomic E-state index is 12.4. The first-order chi connectivity index (χ1) is 14.9. The molecule has 0 unspecified atom stereocenters. The number of H-pyrrole nitrogens is 1. The zero-order valence-corrected chi connectivity index (χ0v) is 18.7. The summed E-state index contributed by atoms with van der Waals surface area (Å²) in [6.45, 7) is 4.31. The van der Waals surface area contributed by atoms with Crippen molar-refractivity contribution in [3.63, 3.8) is 0 Å². The van der Waals surface area contributed by atoms with Crippen LogP contribution in [-0.2, 0) is 0 Å². The highest BCUT2D eigenvalue weighted by molar-refractivity contribution is 7.71. The molecule has 1 heterocycles. The van der Waals surface area contributed by atoms with Crippen LogP contribution < -0.4 is 16.2 Å². The number of nitrogens with one attached hydrogen (secondary N) is 4. The molecule has 4 N–H and O–H groups in total. The molecular formula is C23H29N5O2S. The van der Waals surface area contributed by atoms with E-state index in [4.69, 9.17) is 12.2 Å². The number of urea groups is 1. The summed E-state index contributed by atoms with van der Waals surface area (Å²) >= 11 is 5.15. The first kappa shape index (κ1) is 22.7. The SMILES string of the molecule is CC(C)c1ccc(/C=C\c2cc(C(=O)NNC(=O)NC3CCCCC3)nc(=S)[nH]2)cc1. The Morgan fingerprint density at radius 1 is 1.10 bits per heavy atom. The van der Waals surface area contributed by atoms with Crippen molar-refractivity contribution >= 4 is 36.3 Å². The van der Waals surface area contributed by atoms with E-state index in [1.165, 1.54) is 12.0 Å². The van der Waals surface area contributed by atoms with Crippen molar-refractivity contribution in [1.82, 2.24) is 26.1 Å². The molecule has 1 aliphatic rings. The van der Waals surface area contributed by atoms with E-state index in [1.807, 2.05) is 24.3 Å². The lowest BCUT2D eigenvalue weighted by molar-refractivity contribution is 0.0930. The average Bonchev–Trinajstić information content (AvgIpc) is 2.76. The number of hydrogen-bond acceptors (Lipinski definition) is 4. The summed E-state index contributed by atoms with van der Waals surface area (Å²) in [5, 5.41) is 2.87. The Balaban J connectivity index is 1.59. The Labute approximate surface area is 187 Å². The van der Waals surface area contributed by atoms with Gasteiger partial charge in [-0.05, 0) is 54.2 Å². The van der Waals surface area contributed by atoms with Gasteiger partial charge >= 0.3 is 6.03 Å². The molecule has 3 amide bonds. The molecule has 0 atom stereocenters. The first-order valence-electron chi connectivity index (χ1n) is 10.7. The number of carbonyl (C=O) groups is 2. The van der Waals surface area contributed by atoms with E-state index in [0.717, 1.165) is 31.2 Å². The second kappa shape index (κ2) is 10.9. The molecule has 1 aliphatic carbocycles. The predicted molar refractivity (Wildman–Crippen MR) is 125 cm³/mol. The predicted octanol–water partition coefficient (Wildman–Crippen LogP) is 4.71.